The molecule has 0 fully saturated rings. The van der Waals surface area contributed by atoms with Gasteiger partial charge in [-0.05, 0) is 12.5 Å². The number of thiophene rings is 1. The fraction of sp³-hybridized carbons (Fsp3) is 0.364. The summed E-state index contributed by atoms with van der Waals surface area (Å²) in [5, 5.41) is 14.5. The number of carboxylic acid groups (broad SMARTS) is 1. The van der Waals surface area contributed by atoms with Crippen LogP contribution in [0.5, 0.6) is 0 Å². The highest BCUT2D eigenvalue weighted by molar-refractivity contribution is 7.98. The molecule has 0 amide bonds. The first kappa shape index (κ1) is 13.1. The lowest BCUT2D eigenvalue weighted by molar-refractivity contribution is 0.0702. The summed E-state index contributed by atoms with van der Waals surface area (Å²) >= 11 is 2.73. The molecule has 0 aliphatic rings. The number of carbonyl (C=O) groups is 1. The van der Waals surface area contributed by atoms with Crippen molar-refractivity contribution in [3.63, 3.8) is 0 Å². The summed E-state index contributed by atoms with van der Waals surface area (Å²) in [6, 6.07) is 1.66. The second-order valence-electron chi connectivity index (χ2n) is 3.59. The minimum Gasteiger partial charge on any atom is -0.477 e. The van der Waals surface area contributed by atoms with Crippen LogP contribution in [0.15, 0.2) is 20.9 Å². The van der Waals surface area contributed by atoms with Crippen molar-refractivity contribution in [3.8, 4) is 0 Å². The Hall–Kier alpha value is -1.34. The van der Waals surface area contributed by atoms with Crippen molar-refractivity contribution in [2.24, 2.45) is 0 Å². The molecule has 0 atom stereocenters. The fourth-order valence-electron chi connectivity index (χ4n) is 1.32. The smallest absolute Gasteiger partial charge is 0.345 e. The predicted molar refractivity (Wildman–Crippen MR) is 69.1 cm³/mol. The average molecular weight is 284 g/mol. The van der Waals surface area contributed by atoms with Crippen molar-refractivity contribution in [2.75, 3.05) is 0 Å². The van der Waals surface area contributed by atoms with Gasteiger partial charge in [-0.3, -0.25) is 0 Å². The molecule has 0 aliphatic heterocycles. The number of carboxylic acids is 1. The van der Waals surface area contributed by atoms with E-state index in [0.717, 1.165) is 17.7 Å². The topological polar surface area (TPSA) is 76.2 Å². The van der Waals surface area contributed by atoms with E-state index in [1.54, 1.807) is 6.07 Å². The van der Waals surface area contributed by atoms with Crippen LogP contribution in [-0.4, -0.2) is 21.2 Å². The van der Waals surface area contributed by atoms with Gasteiger partial charge in [-0.2, -0.15) is 4.98 Å². The number of aromatic carboxylic acids is 1. The zero-order chi connectivity index (χ0) is 13.0. The third-order valence-corrected chi connectivity index (χ3v) is 4.17. The Morgan fingerprint density at radius 1 is 1.61 bits per heavy atom. The summed E-state index contributed by atoms with van der Waals surface area (Å²) in [4.78, 5) is 16.2. The molecule has 5 nitrogen and oxygen atoms in total. The van der Waals surface area contributed by atoms with Crippen LogP contribution in [0.25, 0.3) is 0 Å². The molecule has 0 bridgehead atoms. The highest BCUT2D eigenvalue weighted by Crippen LogP contribution is 2.27. The first-order valence-electron chi connectivity index (χ1n) is 5.45. The van der Waals surface area contributed by atoms with Gasteiger partial charge in [0.15, 0.2) is 5.82 Å². The molecule has 96 valence electrons. The van der Waals surface area contributed by atoms with Gasteiger partial charge in [0, 0.05) is 16.7 Å². The van der Waals surface area contributed by atoms with Crippen molar-refractivity contribution in [2.45, 2.75) is 30.4 Å². The molecule has 0 saturated heterocycles. The lowest BCUT2D eigenvalue weighted by Gasteiger charge is -1.91. The second kappa shape index (κ2) is 6.01. The Kier molecular flexibility index (Phi) is 4.38. The molecule has 7 heteroatoms. The minimum absolute atomic E-state index is 0.345. The molecule has 0 spiro atoms. The van der Waals surface area contributed by atoms with Crippen molar-refractivity contribution in [1.29, 1.82) is 0 Å². The van der Waals surface area contributed by atoms with Crippen molar-refractivity contribution in [3.05, 3.63) is 28.0 Å². The van der Waals surface area contributed by atoms with E-state index >= 15 is 0 Å². The number of hydrogen-bond donors (Lipinski definition) is 1. The van der Waals surface area contributed by atoms with Gasteiger partial charge >= 0.3 is 5.97 Å². The first-order valence-corrected chi connectivity index (χ1v) is 7.31. The molecular formula is C11H12N2O3S2. The summed E-state index contributed by atoms with van der Waals surface area (Å²) in [6.45, 7) is 2.05. The second-order valence-corrected chi connectivity index (χ2v) is 5.55. The molecule has 2 rings (SSSR count). The van der Waals surface area contributed by atoms with E-state index in [-0.39, 0.29) is 0 Å². The van der Waals surface area contributed by atoms with Crippen LogP contribution in [0.2, 0.25) is 0 Å². The number of aryl methyl sites for hydroxylation is 1. The zero-order valence-corrected chi connectivity index (χ0v) is 11.4. The monoisotopic (exact) mass is 284 g/mol. The Labute approximate surface area is 112 Å². The molecular weight excluding hydrogens is 272 g/mol. The Bertz CT molecular complexity index is 536. The summed E-state index contributed by atoms with van der Waals surface area (Å²) < 4.78 is 5.07. The molecule has 0 unspecified atom stereocenters. The normalized spacial score (nSPS) is 10.7. The third-order valence-electron chi connectivity index (χ3n) is 2.13. The van der Waals surface area contributed by atoms with Gasteiger partial charge in [-0.1, -0.05) is 12.1 Å². The van der Waals surface area contributed by atoms with Crippen molar-refractivity contribution >= 4 is 29.1 Å². The standard InChI is InChI=1S/C11H12N2O3S2/c1-2-3-10-12-9(13-16-10)6-17-7-4-8(11(14)15)18-5-7/h4-5H,2-3,6H2,1H3,(H,14,15). The SMILES string of the molecule is CCCc1nc(CSc2csc(C(=O)O)c2)no1. The summed E-state index contributed by atoms with van der Waals surface area (Å²) in [5.74, 6) is 0.996. The number of rotatable bonds is 6. The highest BCUT2D eigenvalue weighted by Gasteiger charge is 2.09. The van der Waals surface area contributed by atoms with Gasteiger partial charge in [0.05, 0.1) is 5.75 Å². The molecule has 0 aliphatic carbocycles. The van der Waals surface area contributed by atoms with E-state index in [1.807, 2.05) is 5.38 Å². The van der Waals surface area contributed by atoms with E-state index in [0.29, 0.717) is 22.3 Å². The molecule has 1 N–H and O–H groups in total. The zero-order valence-electron chi connectivity index (χ0n) is 9.75. The maximum Gasteiger partial charge on any atom is 0.345 e. The van der Waals surface area contributed by atoms with Crippen LogP contribution < -0.4 is 0 Å². The van der Waals surface area contributed by atoms with Gasteiger partial charge in [0.1, 0.15) is 4.88 Å². The Balaban J connectivity index is 1.91. The van der Waals surface area contributed by atoms with E-state index in [9.17, 15) is 4.79 Å². The van der Waals surface area contributed by atoms with Crippen molar-refractivity contribution < 1.29 is 14.4 Å². The maximum absolute atomic E-state index is 10.7. The summed E-state index contributed by atoms with van der Waals surface area (Å²) in [5.41, 5.74) is 0. The predicted octanol–water partition coefficient (Wildman–Crippen LogP) is 3.07. The van der Waals surface area contributed by atoms with Gasteiger partial charge in [0.25, 0.3) is 0 Å². The molecule has 2 heterocycles. The largest absolute Gasteiger partial charge is 0.477 e. The van der Waals surface area contributed by atoms with Crippen LogP contribution in [0, 0.1) is 0 Å². The lowest BCUT2D eigenvalue weighted by atomic mass is 10.3. The Morgan fingerprint density at radius 3 is 3.11 bits per heavy atom. The van der Waals surface area contributed by atoms with Gasteiger partial charge in [-0.25, -0.2) is 4.79 Å². The molecule has 0 radical (unpaired) electrons. The first-order chi connectivity index (χ1) is 8.69. The minimum atomic E-state index is -0.892. The maximum atomic E-state index is 10.7. The fourth-order valence-corrected chi connectivity index (χ4v) is 3.03. The van der Waals surface area contributed by atoms with E-state index in [4.69, 9.17) is 9.63 Å². The van der Waals surface area contributed by atoms with Crippen LogP contribution in [-0.2, 0) is 12.2 Å². The van der Waals surface area contributed by atoms with Crippen LogP contribution in [0.3, 0.4) is 0 Å². The van der Waals surface area contributed by atoms with E-state index in [1.165, 1.54) is 23.1 Å². The third kappa shape index (κ3) is 3.33. The van der Waals surface area contributed by atoms with Gasteiger partial charge in [-0.15, -0.1) is 23.1 Å². The summed E-state index contributed by atoms with van der Waals surface area (Å²) in [6.07, 6.45) is 1.76. The van der Waals surface area contributed by atoms with E-state index in [2.05, 4.69) is 17.1 Å². The number of hydrogen-bond acceptors (Lipinski definition) is 6. The van der Waals surface area contributed by atoms with Crippen LogP contribution in [0.1, 0.15) is 34.7 Å². The van der Waals surface area contributed by atoms with Crippen LogP contribution >= 0.6 is 23.1 Å². The number of nitrogens with zero attached hydrogens (tertiary/aromatic N) is 2. The van der Waals surface area contributed by atoms with Gasteiger partial charge in [0.2, 0.25) is 5.89 Å². The molecule has 2 aromatic heterocycles. The molecule has 18 heavy (non-hydrogen) atoms. The van der Waals surface area contributed by atoms with Crippen molar-refractivity contribution in [1.82, 2.24) is 10.1 Å². The number of aromatic nitrogens is 2. The van der Waals surface area contributed by atoms with E-state index < -0.39 is 5.97 Å². The molecule has 0 saturated carbocycles. The molecule has 0 aromatic carbocycles. The quantitative estimate of drug-likeness (QED) is 0.821. The highest BCUT2D eigenvalue weighted by atomic mass is 32.2. The average Bonchev–Trinajstić information content (AvgIpc) is 2.95. The van der Waals surface area contributed by atoms with Gasteiger partial charge < -0.3 is 9.63 Å². The molecule has 2 aromatic rings. The summed E-state index contributed by atoms with van der Waals surface area (Å²) in [7, 11) is 0. The number of thioether (sulfide) groups is 1. The van der Waals surface area contributed by atoms with Crippen LogP contribution in [0.4, 0.5) is 0 Å². The lowest BCUT2D eigenvalue weighted by Crippen LogP contribution is -1.90. The Morgan fingerprint density at radius 2 is 2.44 bits per heavy atom.